The summed E-state index contributed by atoms with van der Waals surface area (Å²) < 4.78 is 20.3. The van der Waals surface area contributed by atoms with Gasteiger partial charge in [-0.05, 0) is 19.1 Å². The maximum atomic E-state index is 12.0. The summed E-state index contributed by atoms with van der Waals surface area (Å²) in [6, 6.07) is 6.59. The molecule has 0 saturated heterocycles. The van der Waals surface area contributed by atoms with Crippen molar-refractivity contribution in [1.29, 1.82) is 0 Å². The van der Waals surface area contributed by atoms with E-state index in [1.165, 1.54) is 7.11 Å². The van der Waals surface area contributed by atoms with Gasteiger partial charge in [0.05, 0.1) is 14.2 Å². The fourth-order valence-corrected chi connectivity index (χ4v) is 1.67. The Labute approximate surface area is 116 Å². The molecule has 1 heterocycles. The molecule has 6 nitrogen and oxygen atoms in total. The number of aryl methyl sites for hydroxylation is 1. The molecular weight excluding hydrogens is 262 g/mol. The summed E-state index contributed by atoms with van der Waals surface area (Å²) in [6.07, 6.45) is 0. The molecule has 0 aliphatic heterocycles. The summed E-state index contributed by atoms with van der Waals surface area (Å²) in [5.74, 6) is 1.17. The minimum atomic E-state index is -0.495. The van der Waals surface area contributed by atoms with Gasteiger partial charge in [0.25, 0.3) is 0 Å². The van der Waals surface area contributed by atoms with Crippen molar-refractivity contribution in [3.8, 4) is 11.5 Å². The Balaban J connectivity index is 2.08. The van der Waals surface area contributed by atoms with Crippen LogP contribution in [0.4, 0.5) is 0 Å². The van der Waals surface area contributed by atoms with Crippen LogP contribution in [-0.2, 0) is 11.3 Å². The Morgan fingerprint density at radius 2 is 2.05 bits per heavy atom. The van der Waals surface area contributed by atoms with Crippen molar-refractivity contribution in [2.24, 2.45) is 0 Å². The molecule has 0 bridgehead atoms. The van der Waals surface area contributed by atoms with Gasteiger partial charge >= 0.3 is 5.97 Å². The van der Waals surface area contributed by atoms with E-state index >= 15 is 0 Å². The van der Waals surface area contributed by atoms with Gasteiger partial charge in [-0.1, -0.05) is 5.16 Å². The lowest BCUT2D eigenvalue weighted by Gasteiger charge is -2.09. The summed E-state index contributed by atoms with van der Waals surface area (Å²) in [5, 5.41) is 3.75. The smallest absolute Gasteiger partial charge is 0.342 e. The molecular formula is C14H15NO5. The lowest BCUT2D eigenvalue weighted by atomic mass is 10.2. The highest BCUT2D eigenvalue weighted by Crippen LogP contribution is 2.25. The Morgan fingerprint density at radius 3 is 2.65 bits per heavy atom. The second-order valence-corrected chi connectivity index (χ2v) is 4.07. The maximum Gasteiger partial charge on any atom is 0.342 e. The third kappa shape index (κ3) is 3.09. The Hall–Kier alpha value is -2.50. The first-order valence-corrected chi connectivity index (χ1v) is 5.95. The van der Waals surface area contributed by atoms with Crippen LogP contribution < -0.4 is 9.47 Å². The second-order valence-electron chi connectivity index (χ2n) is 4.07. The highest BCUT2D eigenvalue weighted by atomic mass is 16.5. The molecule has 0 aliphatic carbocycles. The number of esters is 1. The fourth-order valence-electron chi connectivity index (χ4n) is 1.67. The number of hydrogen-bond acceptors (Lipinski definition) is 6. The van der Waals surface area contributed by atoms with E-state index in [0.717, 1.165) is 0 Å². The normalized spacial score (nSPS) is 10.2. The molecule has 2 aromatic rings. The number of methoxy groups -OCH3 is 2. The lowest BCUT2D eigenvalue weighted by molar-refractivity contribution is 0.0460. The number of carbonyl (C=O) groups is 1. The van der Waals surface area contributed by atoms with Crippen LogP contribution >= 0.6 is 0 Å². The average Bonchev–Trinajstić information content (AvgIpc) is 2.89. The van der Waals surface area contributed by atoms with Crippen LogP contribution in [0.5, 0.6) is 11.5 Å². The van der Waals surface area contributed by atoms with E-state index < -0.39 is 5.97 Å². The largest absolute Gasteiger partial charge is 0.497 e. The predicted octanol–water partition coefficient (Wildman–Crippen LogP) is 2.36. The van der Waals surface area contributed by atoms with E-state index in [1.54, 1.807) is 38.3 Å². The van der Waals surface area contributed by atoms with Gasteiger partial charge in [0.1, 0.15) is 35.1 Å². The lowest BCUT2D eigenvalue weighted by Crippen LogP contribution is -2.07. The zero-order valence-electron chi connectivity index (χ0n) is 11.5. The molecule has 0 unspecified atom stereocenters. The van der Waals surface area contributed by atoms with Crippen LogP contribution in [0.25, 0.3) is 0 Å². The zero-order valence-corrected chi connectivity index (χ0v) is 11.5. The fraction of sp³-hybridized carbons (Fsp3) is 0.286. The first-order chi connectivity index (χ1) is 9.63. The summed E-state index contributed by atoms with van der Waals surface area (Å²) in [4.78, 5) is 12.0. The van der Waals surface area contributed by atoms with E-state index in [0.29, 0.717) is 28.5 Å². The molecule has 0 saturated carbocycles. The van der Waals surface area contributed by atoms with Crippen LogP contribution in [0.3, 0.4) is 0 Å². The van der Waals surface area contributed by atoms with Crippen LogP contribution in [0.1, 0.15) is 21.8 Å². The number of nitrogens with zero attached hydrogens (tertiary/aromatic N) is 1. The van der Waals surface area contributed by atoms with Gasteiger partial charge in [-0.25, -0.2) is 4.79 Å². The molecule has 0 fully saturated rings. The van der Waals surface area contributed by atoms with Crippen LogP contribution in [0.2, 0.25) is 0 Å². The molecule has 0 aliphatic rings. The standard InChI is InChI=1S/C14H15NO5/c1-9-6-10(15-20-9)8-19-14(16)12-5-4-11(17-2)7-13(12)18-3/h4-7H,8H2,1-3H3. The third-order valence-corrected chi connectivity index (χ3v) is 2.66. The first-order valence-electron chi connectivity index (χ1n) is 5.95. The Kier molecular flexibility index (Phi) is 4.24. The van der Waals surface area contributed by atoms with Gasteiger partial charge in [-0.15, -0.1) is 0 Å². The van der Waals surface area contributed by atoms with Gasteiger partial charge in [0.15, 0.2) is 0 Å². The molecule has 2 rings (SSSR count). The summed E-state index contributed by atoms with van der Waals surface area (Å²) in [6.45, 7) is 1.82. The van der Waals surface area contributed by atoms with Crippen molar-refractivity contribution < 1.29 is 23.5 Å². The van der Waals surface area contributed by atoms with E-state index in [-0.39, 0.29) is 6.61 Å². The molecule has 20 heavy (non-hydrogen) atoms. The van der Waals surface area contributed by atoms with E-state index in [4.69, 9.17) is 18.7 Å². The summed E-state index contributed by atoms with van der Waals surface area (Å²) >= 11 is 0. The second kappa shape index (κ2) is 6.10. The van der Waals surface area contributed by atoms with Crippen molar-refractivity contribution in [3.63, 3.8) is 0 Å². The Bertz CT molecular complexity index is 605. The van der Waals surface area contributed by atoms with Crippen LogP contribution in [-0.4, -0.2) is 25.3 Å². The van der Waals surface area contributed by atoms with Gasteiger partial charge < -0.3 is 18.7 Å². The summed E-state index contributed by atoms with van der Waals surface area (Å²) in [7, 11) is 3.02. The van der Waals surface area contributed by atoms with Gasteiger partial charge in [-0.2, -0.15) is 0 Å². The van der Waals surface area contributed by atoms with Crippen LogP contribution in [0, 0.1) is 6.92 Å². The number of benzene rings is 1. The number of carbonyl (C=O) groups excluding carboxylic acids is 1. The minimum absolute atomic E-state index is 0.0470. The molecule has 0 N–H and O–H groups in total. The molecule has 6 heteroatoms. The number of ether oxygens (including phenoxy) is 3. The number of hydrogen-bond donors (Lipinski definition) is 0. The van der Waals surface area contributed by atoms with Gasteiger partial charge in [0, 0.05) is 12.1 Å². The van der Waals surface area contributed by atoms with Crippen LogP contribution in [0.15, 0.2) is 28.8 Å². The SMILES string of the molecule is COc1ccc(C(=O)OCc2cc(C)on2)c(OC)c1. The highest BCUT2D eigenvalue weighted by Gasteiger charge is 2.15. The van der Waals surface area contributed by atoms with Gasteiger partial charge in [0.2, 0.25) is 0 Å². The van der Waals surface area contributed by atoms with Crippen molar-refractivity contribution in [3.05, 3.63) is 41.3 Å². The topological polar surface area (TPSA) is 70.8 Å². The van der Waals surface area contributed by atoms with Crippen molar-refractivity contribution in [2.75, 3.05) is 14.2 Å². The maximum absolute atomic E-state index is 12.0. The minimum Gasteiger partial charge on any atom is -0.497 e. The molecule has 1 aromatic heterocycles. The monoisotopic (exact) mass is 277 g/mol. The zero-order chi connectivity index (χ0) is 14.5. The number of aromatic nitrogens is 1. The molecule has 0 spiro atoms. The average molecular weight is 277 g/mol. The quantitative estimate of drug-likeness (QED) is 0.781. The Morgan fingerprint density at radius 1 is 1.25 bits per heavy atom. The number of rotatable bonds is 5. The van der Waals surface area contributed by atoms with E-state index in [1.807, 2.05) is 0 Å². The van der Waals surface area contributed by atoms with E-state index in [9.17, 15) is 4.79 Å². The third-order valence-electron chi connectivity index (χ3n) is 2.66. The van der Waals surface area contributed by atoms with Crippen molar-refractivity contribution >= 4 is 5.97 Å². The summed E-state index contributed by atoms with van der Waals surface area (Å²) in [5.41, 5.74) is 0.886. The predicted molar refractivity (Wildman–Crippen MR) is 69.9 cm³/mol. The molecule has 0 radical (unpaired) electrons. The van der Waals surface area contributed by atoms with E-state index in [2.05, 4.69) is 5.16 Å². The van der Waals surface area contributed by atoms with Crippen molar-refractivity contribution in [1.82, 2.24) is 5.16 Å². The van der Waals surface area contributed by atoms with Crippen molar-refractivity contribution in [2.45, 2.75) is 13.5 Å². The first kappa shape index (κ1) is 13.9. The van der Waals surface area contributed by atoms with Gasteiger partial charge in [-0.3, -0.25) is 0 Å². The highest BCUT2D eigenvalue weighted by molar-refractivity contribution is 5.92. The molecule has 0 atom stereocenters. The molecule has 106 valence electrons. The molecule has 1 aromatic carbocycles. The molecule has 0 amide bonds.